The van der Waals surface area contributed by atoms with E-state index in [9.17, 15) is 9.00 Å². The minimum absolute atomic E-state index is 0.0434. The Balaban J connectivity index is 2.01. The standard InChI is InChI=1S/C11H15N3O3S/c1-17-11(15)10-12-5-2-9(14-10)13-8-3-6-18(16)7-4-8/h2,5,8H,3-4,6-7H2,1H3,(H,12,13,14). The van der Waals surface area contributed by atoms with E-state index < -0.39 is 16.8 Å². The lowest BCUT2D eigenvalue weighted by molar-refractivity contribution is 0.0587. The fourth-order valence-electron chi connectivity index (χ4n) is 1.78. The van der Waals surface area contributed by atoms with Crippen molar-refractivity contribution in [1.29, 1.82) is 0 Å². The summed E-state index contributed by atoms with van der Waals surface area (Å²) in [4.78, 5) is 19.2. The molecule has 2 rings (SSSR count). The molecule has 7 heteroatoms. The van der Waals surface area contributed by atoms with Crippen molar-refractivity contribution in [3.8, 4) is 0 Å². The van der Waals surface area contributed by atoms with E-state index in [4.69, 9.17) is 0 Å². The number of anilines is 1. The summed E-state index contributed by atoms with van der Waals surface area (Å²) < 4.78 is 15.8. The van der Waals surface area contributed by atoms with Crippen LogP contribution < -0.4 is 5.32 Å². The van der Waals surface area contributed by atoms with Crippen LogP contribution in [0.25, 0.3) is 0 Å². The molecule has 1 saturated heterocycles. The molecule has 0 spiro atoms. The topological polar surface area (TPSA) is 81.2 Å². The Morgan fingerprint density at radius 3 is 2.89 bits per heavy atom. The molecular weight excluding hydrogens is 254 g/mol. The van der Waals surface area contributed by atoms with Crippen LogP contribution in [0.2, 0.25) is 0 Å². The number of hydrogen-bond acceptors (Lipinski definition) is 6. The number of carbonyl (C=O) groups excluding carboxylic acids is 1. The molecule has 0 bridgehead atoms. The second-order valence-electron chi connectivity index (χ2n) is 4.02. The molecule has 1 aromatic heterocycles. The first-order valence-electron chi connectivity index (χ1n) is 5.72. The van der Waals surface area contributed by atoms with Gasteiger partial charge in [-0.1, -0.05) is 0 Å². The smallest absolute Gasteiger partial charge is 0.376 e. The van der Waals surface area contributed by atoms with Crippen LogP contribution in [-0.4, -0.2) is 44.8 Å². The molecule has 1 aliphatic rings. The zero-order valence-corrected chi connectivity index (χ0v) is 10.9. The summed E-state index contributed by atoms with van der Waals surface area (Å²) in [6, 6.07) is 1.96. The van der Waals surface area contributed by atoms with Crippen molar-refractivity contribution in [2.75, 3.05) is 23.9 Å². The maximum Gasteiger partial charge on any atom is 0.376 e. The fraction of sp³-hybridized carbons (Fsp3) is 0.545. The molecule has 1 N–H and O–H groups in total. The van der Waals surface area contributed by atoms with Gasteiger partial charge in [-0.2, -0.15) is 0 Å². The summed E-state index contributed by atoms with van der Waals surface area (Å²) in [6.45, 7) is 0. The van der Waals surface area contributed by atoms with Crippen molar-refractivity contribution >= 4 is 22.6 Å². The van der Waals surface area contributed by atoms with E-state index in [1.807, 2.05) is 0 Å². The molecule has 1 fully saturated rings. The van der Waals surface area contributed by atoms with Crippen LogP contribution in [-0.2, 0) is 15.5 Å². The van der Waals surface area contributed by atoms with Crippen LogP contribution in [0.4, 0.5) is 5.82 Å². The maximum absolute atomic E-state index is 11.3. The van der Waals surface area contributed by atoms with Crippen LogP contribution in [0.5, 0.6) is 0 Å². The zero-order chi connectivity index (χ0) is 13.0. The molecule has 18 heavy (non-hydrogen) atoms. The highest BCUT2D eigenvalue weighted by molar-refractivity contribution is 7.85. The summed E-state index contributed by atoms with van der Waals surface area (Å²) in [7, 11) is 0.615. The van der Waals surface area contributed by atoms with Gasteiger partial charge in [0.05, 0.1) is 7.11 Å². The molecule has 0 aromatic carbocycles. The molecule has 0 unspecified atom stereocenters. The number of hydrogen-bond donors (Lipinski definition) is 1. The minimum atomic E-state index is -0.679. The summed E-state index contributed by atoms with van der Waals surface area (Å²) in [6.07, 6.45) is 3.22. The second-order valence-corrected chi connectivity index (χ2v) is 5.72. The monoisotopic (exact) mass is 269 g/mol. The van der Waals surface area contributed by atoms with Crippen LogP contribution >= 0.6 is 0 Å². The number of esters is 1. The predicted octanol–water partition coefficient (Wildman–Crippen LogP) is 0.586. The van der Waals surface area contributed by atoms with E-state index in [2.05, 4.69) is 20.0 Å². The first-order chi connectivity index (χ1) is 8.69. The number of nitrogens with one attached hydrogen (secondary N) is 1. The first kappa shape index (κ1) is 12.9. The average Bonchev–Trinajstić information content (AvgIpc) is 2.41. The normalized spacial score (nSPS) is 23.4. The van der Waals surface area contributed by atoms with Crippen molar-refractivity contribution in [3.05, 3.63) is 18.1 Å². The van der Waals surface area contributed by atoms with Crippen LogP contribution in [0, 0.1) is 0 Å². The molecule has 1 aliphatic heterocycles. The lowest BCUT2D eigenvalue weighted by Crippen LogP contribution is -2.29. The predicted molar refractivity (Wildman–Crippen MR) is 67.9 cm³/mol. The molecule has 1 aromatic rings. The highest BCUT2D eigenvalue weighted by Gasteiger charge is 2.18. The molecule has 0 amide bonds. The largest absolute Gasteiger partial charge is 0.463 e. The molecule has 0 saturated carbocycles. The molecular formula is C11H15N3O3S. The first-order valence-corrected chi connectivity index (χ1v) is 7.20. The van der Waals surface area contributed by atoms with E-state index in [1.165, 1.54) is 13.3 Å². The summed E-state index contributed by atoms with van der Waals surface area (Å²) >= 11 is 0. The van der Waals surface area contributed by atoms with Crippen molar-refractivity contribution in [1.82, 2.24) is 9.97 Å². The van der Waals surface area contributed by atoms with Gasteiger partial charge in [0.25, 0.3) is 0 Å². The lowest BCUT2D eigenvalue weighted by Gasteiger charge is -2.22. The van der Waals surface area contributed by atoms with Gasteiger partial charge in [-0.25, -0.2) is 14.8 Å². The Morgan fingerprint density at radius 2 is 2.22 bits per heavy atom. The Kier molecular flexibility index (Phi) is 4.24. The zero-order valence-electron chi connectivity index (χ0n) is 10.1. The van der Waals surface area contributed by atoms with Gasteiger partial charge in [-0.05, 0) is 18.9 Å². The highest BCUT2D eigenvalue weighted by Crippen LogP contribution is 2.14. The van der Waals surface area contributed by atoms with Crippen LogP contribution in [0.15, 0.2) is 12.3 Å². The Bertz CT molecular complexity index is 457. The number of methoxy groups -OCH3 is 1. The number of rotatable bonds is 3. The third-order valence-electron chi connectivity index (χ3n) is 2.76. The summed E-state index contributed by atoms with van der Waals surface area (Å²) in [5, 5.41) is 3.23. The van der Waals surface area contributed by atoms with E-state index in [0.717, 1.165) is 12.8 Å². The van der Waals surface area contributed by atoms with Gasteiger partial charge in [0, 0.05) is 34.5 Å². The fourth-order valence-corrected chi connectivity index (χ4v) is 3.07. The third kappa shape index (κ3) is 3.25. The second kappa shape index (κ2) is 5.90. The number of aromatic nitrogens is 2. The van der Waals surface area contributed by atoms with E-state index >= 15 is 0 Å². The average molecular weight is 269 g/mol. The van der Waals surface area contributed by atoms with Gasteiger partial charge < -0.3 is 10.1 Å². The summed E-state index contributed by atoms with van der Waals surface area (Å²) in [5.74, 6) is 1.52. The molecule has 6 nitrogen and oxygen atoms in total. The van der Waals surface area contributed by atoms with Crippen molar-refractivity contribution < 1.29 is 13.7 Å². The molecule has 0 radical (unpaired) electrons. The van der Waals surface area contributed by atoms with Gasteiger partial charge in [0.2, 0.25) is 5.82 Å². The molecule has 0 aliphatic carbocycles. The summed E-state index contributed by atoms with van der Waals surface area (Å²) in [5.41, 5.74) is 0. The van der Waals surface area contributed by atoms with Gasteiger partial charge >= 0.3 is 5.97 Å². The van der Waals surface area contributed by atoms with Crippen molar-refractivity contribution in [3.63, 3.8) is 0 Å². The van der Waals surface area contributed by atoms with Crippen LogP contribution in [0.1, 0.15) is 23.5 Å². The number of carbonyl (C=O) groups is 1. The third-order valence-corrected chi connectivity index (χ3v) is 4.15. The van der Waals surface area contributed by atoms with Crippen LogP contribution in [0.3, 0.4) is 0 Å². The number of nitrogens with zero attached hydrogens (tertiary/aromatic N) is 2. The molecule has 2 heterocycles. The Labute approximate surface area is 108 Å². The highest BCUT2D eigenvalue weighted by atomic mass is 32.2. The minimum Gasteiger partial charge on any atom is -0.463 e. The SMILES string of the molecule is COC(=O)c1nccc(NC2CCS(=O)CC2)n1. The number of ether oxygens (including phenoxy) is 1. The molecule has 98 valence electrons. The van der Waals surface area contributed by atoms with Gasteiger partial charge in [0.15, 0.2) is 0 Å². The van der Waals surface area contributed by atoms with Crippen molar-refractivity contribution in [2.24, 2.45) is 0 Å². The van der Waals surface area contributed by atoms with Gasteiger partial charge in [-0.15, -0.1) is 0 Å². The van der Waals surface area contributed by atoms with E-state index in [1.54, 1.807) is 6.07 Å². The lowest BCUT2D eigenvalue weighted by atomic mass is 10.1. The van der Waals surface area contributed by atoms with Gasteiger partial charge in [0.1, 0.15) is 5.82 Å². The van der Waals surface area contributed by atoms with Crippen molar-refractivity contribution in [2.45, 2.75) is 18.9 Å². The molecule has 0 atom stereocenters. The maximum atomic E-state index is 11.3. The van der Waals surface area contributed by atoms with E-state index in [-0.39, 0.29) is 11.9 Å². The Hall–Kier alpha value is -1.50. The Morgan fingerprint density at radius 1 is 1.50 bits per heavy atom. The quantitative estimate of drug-likeness (QED) is 0.809. The van der Waals surface area contributed by atoms with Gasteiger partial charge in [-0.3, -0.25) is 4.21 Å². The van der Waals surface area contributed by atoms with E-state index in [0.29, 0.717) is 17.3 Å².